The van der Waals surface area contributed by atoms with Crippen LogP contribution in [0.1, 0.15) is 19.4 Å². The molecule has 0 radical (unpaired) electrons. The molecule has 1 aliphatic heterocycles. The molecule has 0 saturated carbocycles. The van der Waals surface area contributed by atoms with Gasteiger partial charge in [0.05, 0.1) is 0 Å². The van der Waals surface area contributed by atoms with Crippen LogP contribution < -0.4 is 0 Å². The maximum Gasteiger partial charge on any atom is 0.443 e. The fourth-order valence-corrected chi connectivity index (χ4v) is 2.19. The molecule has 1 aliphatic rings. The number of amidine groups is 1. The largest absolute Gasteiger partial charge is 0.443 e. The van der Waals surface area contributed by atoms with Gasteiger partial charge < -0.3 is 9.64 Å². The summed E-state index contributed by atoms with van der Waals surface area (Å²) in [6.07, 6.45) is -11.6. The summed E-state index contributed by atoms with van der Waals surface area (Å²) in [5, 5.41) is 0. The zero-order valence-electron chi connectivity index (χ0n) is 13.3. The zero-order chi connectivity index (χ0) is 18.9. The molecule has 0 saturated heterocycles. The molecule has 0 atom stereocenters. The predicted molar refractivity (Wildman–Crippen MR) is 79.3 cm³/mol. The van der Waals surface area contributed by atoms with Gasteiger partial charge in [-0.2, -0.15) is 31.3 Å². The smallest absolute Gasteiger partial charge is 0.406 e. The van der Waals surface area contributed by atoms with E-state index in [1.54, 1.807) is 19.9 Å². The lowest BCUT2D eigenvalue weighted by atomic mass is 10.1. The van der Waals surface area contributed by atoms with Crippen molar-refractivity contribution in [2.24, 2.45) is 9.98 Å². The number of nitrogens with zero attached hydrogens (tertiary/aromatic N) is 3. The molecule has 1 heterocycles. The van der Waals surface area contributed by atoms with Gasteiger partial charge in [-0.3, -0.25) is 0 Å². The van der Waals surface area contributed by atoms with Crippen LogP contribution >= 0.6 is 0 Å². The Bertz CT molecular complexity index is 648. The number of halogens is 6. The van der Waals surface area contributed by atoms with Gasteiger partial charge in [-0.05, 0) is 26.0 Å². The first-order valence-electron chi connectivity index (χ1n) is 7.37. The second-order valence-corrected chi connectivity index (χ2v) is 5.12. The maximum atomic E-state index is 13.4. The van der Waals surface area contributed by atoms with E-state index in [1.807, 2.05) is 0 Å². The third-order valence-electron chi connectivity index (χ3n) is 3.55. The van der Waals surface area contributed by atoms with Gasteiger partial charge in [-0.1, -0.05) is 18.2 Å². The minimum absolute atomic E-state index is 0.0140. The van der Waals surface area contributed by atoms with E-state index < -0.39 is 29.9 Å². The van der Waals surface area contributed by atoms with Crippen LogP contribution in [-0.4, -0.2) is 47.9 Å². The van der Waals surface area contributed by atoms with Gasteiger partial charge >= 0.3 is 18.0 Å². The summed E-state index contributed by atoms with van der Waals surface area (Å²) in [6.45, 7) is 3.35. The van der Waals surface area contributed by atoms with Crippen molar-refractivity contribution in [3.05, 3.63) is 35.9 Å². The summed E-state index contributed by atoms with van der Waals surface area (Å²) in [7, 11) is 0. The van der Waals surface area contributed by atoms with Crippen LogP contribution in [0.2, 0.25) is 0 Å². The highest BCUT2D eigenvalue weighted by atomic mass is 19.4. The van der Waals surface area contributed by atoms with Crippen LogP contribution in [0.3, 0.4) is 0 Å². The summed E-state index contributed by atoms with van der Waals surface area (Å²) in [6, 6.07) is 6.31. The van der Waals surface area contributed by atoms with Crippen LogP contribution in [0, 0.1) is 0 Å². The van der Waals surface area contributed by atoms with E-state index in [0.29, 0.717) is 0 Å². The molecule has 0 bridgehead atoms. The van der Waals surface area contributed by atoms with Crippen molar-refractivity contribution in [2.45, 2.75) is 31.9 Å². The molecule has 138 valence electrons. The zero-order valence-corrected chi connectivity index (χ0v) is 13.3. The van der Waals surface area contributed by atoms with Crippen molar-refractivity contribution in [3.63, 3.8) is 0 Å². The van der Waals surface area contributed by atoms with E-state index in [2.05, 4.69) is 9.98 Å². The molecule has 10 heteroatoms. The monoisotopic (exact) mass is 367 g/mol. The molecule has 25 heavy (non-hydrogen) atoms. The summed E-state index contributed by atoms with van der Waals surface area (Å²) in [4.78, 5) is 6.87. The van der Waals surface area contributed by atoms with Crippen molar-refractivity contribution in [3.8, 4) is 0 Å². The third kappa shape index (κ3) is 3.42. The first-order chi connectivity index (χ1) is 11.6. The van der Waals surface area contributed by atoms with Crippen molar-refractivity contribution in [2.75, 3.05) is 13.1 Å². The van der Waals surface area contributed by atoms with Crippen LogP contribution in [-0.2, 0) is 4.74 Å². The Balaban J connectivity index is 2.71. The van der Waals surface area contributed by atoms with Crippen LogP contribution in [0.4, 0.5) is 26.3 Å². The minimum atomic E-state index is -5.78. The molecule has 0 unspecified atom stereocenters. The number of rotatable bonds is 3. The number of benzene rings is 1. The molecule has 1 aromatic rings. The van der Waals surface area contributed by atoms with Gasteiger partial charge in [-0.25, -0.2) is 4.99 Å². The molecule has 0 N–H and O–H groups in total. The Morgan fingerprint density at radius 2 is 1.44 bits per heavy atom. The molecule has 0 aliphatic carbocycles. The lowest BCUT2D eigenvalue weighted by Gasteiger charge is -2.36. The first kappa shape index (κ1) is 19.1. The summed E-state index contributed by atoms with van der Waals surface area (Å²) in [5.74, 6) is -0.785. The highest BCUT2D eigenvalue weighted by Crippen LogP contribution is 2.48. The average molecular weight is 367 g/mol. The lowest BCUT2D eigenvalue weighted by molar-refractivity contribution is -0.293. The van der Waals surface area contributed by atoms with Crippen molar-refractivity contribution < 1.29 is 31.1 Å². The minimum Gasteiger partial charge on any atom is -0.406 e. The Hall–Kier alpha value is -2.26. The lowest BCUT2D eigenvalue weighted by Crippen LogP contribution is -2.58. The molecular weight excluding hydrogens is 352 g/mol. The van der Waals surface area contributed by atoms with Crippen molar-refractivity contribution in [1.29, 1.82) is 0 Å². The normalized spacial score (nSPS) is 17.4. The highest BCUT2D eigenvalue weighted by molar-refractivity contribution is 6.02. The van der Waals surface area contributed by atoms with Crippen molar-refractivity contribution in [1.82, 2.24) is 4.90 Å². The van der Waals surface area contributed by atoms with Crippen molar-refractivity contribution >= 4 is 11.9 Å². The van der Waals surface area contributed by atoms with Crippen LogP contribution in [0.25, 0.3) is 0 Å². The Kier molecular flexibility index (Phi) is 5.01. The second-order valence-electron chi connectivity index (χ2n) is 5.12. The number of ether oxygens (including phenoxy) is 1. The standard InChI is InChI=1S/C15H15F6N3O/c1-3-24(4-2)12-23-13(14(16,17)18,15(19,20)21)22-11(25-12)10-8-6-5-7-9-10/h5-9H,3-4H2,1-2H3. The quantitative estimate of drug-likeness (QED) is 0.758. The number of alkyl halides is 6. The molecule has 0 amide bonds. The third-order valence-corrected chi connectivity index (χ3v) is 3.55. The Morgan fingerprint density at radius 3 is 1.88 bits per heavy atom. The molecular formula is C15H15F6N3O. The van der Waals surface area contributed by atoms with E-state index in [-0.39, 0.29) is 18.7 Å². The van der Waals surface area contributed by atoms with E-state index in [9.17, 15) is 26.3 Å². The molecule has 0 aromatic heterocycles. The molecule has 4 nitrogen and oxygen atoms in total. The van der Waals surface area contributed by atoms with Gasteiger partial charge in [0, 0.05) is 18.7 Å². The topological polar surface area (TPSA) is 37.2 Å². The highest BCUT2D eigenvalue weighted by Gasteiger charge is 2.74. The van der Waals surface area contributed by atoms with Gasteiger partial charge in [0.2, 0.25) is 5.90 Å². The number of aliphatic imine (C=N–C) groups is 2. The summed E-state index contributed by atoms with van der Waals surface area (Å²) >= 11 is 0. The maximum absolute atomic E-state index is 13.4. The molecule has 0 fully saturated rings. The van der Waals surface area contributed by atoms with E-state index in [1.165, 1.54) is 24.3 Å². The predicted octanol–water partition coefficient (Wildman–Crippen LogP) is 3.98. The van der Waals surface area contributed by atoms with E-state index >= 15 is 0 Å². The number of hydrogen-bond donors (Lipinski definition) is 0. The summed E-state index contributed by atoms with van der Waals surface area (Å²) < 4.78 is 85.7. The van der Waals surface area contributed by atoms with Gasteiger partial charge in [0.15, 0.2) is 0 Å². The van der Waals surface area contributed by atoms with Gasteiger partial charge in [0.25, 0.3) is 6.02 Å². The Labute approximate surface area is 139 Å². The fourth-order valence-electron chi connectivity index (χ4n) is 2.19. The van der Waals surface area contributed by atoms with E-state index in [0.717, 1.165) is 4.90 Å². The van der Waals surface area contributed by atoms with Crippen LogP contribution in [0.15, 0.2) is 40.3 Å². The van der Waals surface area contributed by atoms with Gasteiger partial charge in [0.1, 0.15) is 0 Å². The Morgan fingerprint density at radius 1 is 0.920 bits per heavy atom. The molecule has 2 rings (SSSR count). The van der Waals surface area contributed by atoms with Crippen LogP contribution in [0.5, 0.6) is 0 Å². The SMILES string of the molecule is CCN(CC)C1=NC(C(F)(F)F)(C(F)(F)F)N=C(c2ccccc2)O1. The average Bonchev–Trinajstić information content (AvgIpc) is 2.54. The first-order valence-corrected chi connectivity index (χ1v) is 7.37. The molecule has 1 aromatic carbocycles. The second kappa shape index (κ2) is 6.57. The van der Waals surface area contributed by atoms with E-state index in [4.69, 9.17) is 4.74 Å². The molecule has 0 spiro atoms. The summed E-state index contributed by atoms with van der Waals surface area (Å²) in [5.41, 5.74) is -4.62. The number of hydrogen-bond acceptors (Lipinski definition) is 4. The fraction of sp³-hybridized carbons (Fsp3) is 0.467. The van der Waals surface area contributed by atoms with Gasteiger partial charge in [-0.15, -0.1) is 0 Å².